The van der Waals surface area contributed by atoms with E-state index < -0.39 is 0 Å². The molecule has 0 aliphatic carbocycles. The van der Waals surface area contributed by atoms with Crippen LogP contribution < -0.4 is 0 Å². The maximum Gasteiger partial charge on any atom is 0.153 e. The summed E-state index contributed by atoms with van der Waals surface area (Å²) in [7, 11) is 0. The molecule has 0 fully saturated rings. The second-order valence-corrected chi connectivity index (χ2v) is 6.09. The number of halogens is 1. The van der Waals surface area contributed by atoms with Crippen molar-refractivity contribution in [3.63, 3.8) is 0 Å². The molecule has 4 heteroatoms. The van der Waals surface area contributed by atoms with Gasteiger partial charge in [-0.1, -0.05) is 28.1 Å². The first-order valence-corrected chi connectivity index (χ1v) is 6.52. The summed E-state index contributed by atoms with van der Waals surface area (Å²) in [5.41, 5.74) is 2.14. The van der Waals surface area contributed by atoms with Crippen LogP contribution in [0.15, 0.2) is 34.9 Å². The first-order valence-electron chi connectivity index (χ1n) is 5.73. The summed E-state index contributed by atoms with van der Waals surface area (Å²) in [4.78, 5) is 11.2. The summed E-state index contributed by atoms with van der Waals surface area (Å²) in [5, 5.41) is 4.53. The molecule has 0 aliphatic rings. The Morgan fingerprint density at radius 2 is 2.06 bits per heavy atom. The molecule has 0 N–H and O–H groups in total. The molecule has 1 aromatic heterocycles. The molecule has 0 radical (unpaired) electrons. The summed E-state index contributed by atoms with van der Waals surface area (Å²) < 4.78 is 2.80. The number of aldehydes is 1. The number of nitrogens with zero attached hydrogens (tertiary/aromatic N) is 2. The summed E-state index contributed by atoms with van der Waals surface area (Å²) >= 11 is 3.43. The van der Waals surface area contributed by atoms with E-state index in [1.807, 2.05) is 28.9 Å². The van der Waals surface area contributed by atoms with E-state index in [0.717, 1.165) is 22.0 Å². The maximum absolute atomic E-state index is 11.2. The third-order valence-electron chi connectivity index (χ3n) is 2.65. The van der Waals surface area contributed by atoms with Crippen molar-refractivity contribution in [3.05, 3.63) is 40.5 Å². The number of carbonyl (C=O) groups excluding carboxylic acids is 1. The summed E-state index contributed by atoms with van der Waals surface area (Å²) in [6.07, 6.45) is 2.65. The van der Waals surface area contributed by atoms with Gasteiger partial charge in [0.2, 0.25) is 0 Å². The van der Waals surface area contributed by atoms with E-state index in [9.17, 15) is 4.79 Å². The van der Waals surface area contributed by atoms with Crippen molar-refractivity contribution in [2.45, 2.75) is 26.3 Å². The van der Waals surface area contributed by atoms with Crippen LogP contribution in [0.5, 0.6) is 0 Å². The van der Waals surface area contributed by atoms with Crippen molar-refractivity contribution in [1.29, 1.82) is 0 Å². The van der Waals surface area contributed by atoms with Crippen LogP contribution in [0.25, 0.3) is 11.3 Å². The Labute approximate surface area is 115 Å². The Bertz CT molecular complexity index is 582. The number of rotatable bonds is 2. The third kappa shape index (κ3) is 2.53. The van der Waals surface area contributed by atoms with Gasteiger partial charge in [-0.2, -0.15) is 5.10 Å². The topological polar surface area (TPSA) is 34.9 Å². The number of aromatic nitrogens is 2. The van der Waals surface area contributed by atoms with Crippen LogP contribution in [0, 0.1) is 0 Å². The Balaban J connectivity index is 2.57. The molecule has 0 spiro atoms. The van der Waals surface area contributed by atoms with Crippen LogP contribution in [0.4, 0.5) is 0 Å². The maximum atomic E-state index is 11.2. The number of carbonyl (C=O) groups is 1. The molecule has 94 valence electrons. The molecule has 1 aromatic carbocycles. The molecule has 0 atom stereocenters. The molecular weight excluding hydrogens is 292 g/mol. The lowest BCUT2D eigenvalue weighted by atomic mass is 10.1. The third-order valence-corrected chi connectivity index (χ3v) is 3.15. The Morgan fingerprint density at radius 3 is 2.61 bits per heavy atom. The minimum atomic E-state index is -0.137. The first-order chi connectivity index (χ1) is 8.41. The lowest BCUT2D eigenvalue weighted by molar-refractivity contribution is 0.112. The van der Waals surface area contributed by atoms with E-state index in [-0.39, 0.29) is 5.54 Å². The fourth-order valence-electron chi connectivity index (χ4n) is 1.68. The van der Waals surface area contributed by atoms with E-state index >= 15 is 0 Å². The van der Waals surface area contributed by atoms with Crippen molar-refractivity contribution in [1.82, 2.24) is 9.78 Å². The highest BCUT2D eigenvalue weighted by Gasteiger charge is 2.18. The van der Waals surface area contributed by atoms with Gasteiger partial charge < -0.3 is 0 Å². The van der Waals surface area contributed by atoms with E-state index in [1.165, 1.54) is 0 Å². The fraction of sp³-hybridized carbons (Fsp3) is 0.286. The SMILES string of the molecule is CC(C)(C)n1cc(C=O)c(-c2cccc(Br)c2)n1. The standard InChI is InChI=1S/C14H15BrN2O/c1-14(2,3)17-8-11(9-18)13(16-17)10-5-4-6-12(15)7-10/h4-9H,1-3H3. The first kappa shape index (κ1) is 13.0. The average molecular weight is 307 g/mol. The van der Waals surface area contributed by atoms with Gasteiger partial charge in [0.05, 0.1) is 11.1 Å². The molecule has 0 aliphatic heterocycles. The van der Waals surface area contributed by atoms with Gasteiger partial charge in [-0.15, -0.1) is 0 Å². The number of hydrogen-bond acceptors (Lipinski definition) is 2. The molecule has 0 saturated carbocycles. The van der Waals surface area contributed by atoms with E-state index in [2.05, 4.69) is 41.8 Å². The summed E-state index contributed by atoms with van der Waals surface area (Å²) in [5.74, 6) is 0. The zero-order chi connectivity index (χ0) is 13.3. The van der Waals surface area contributed by atoms with Gasteiger partial charge in [0.25, 0.3) is 0 Å². The van der Waals surface area contributed by atoms with Crippen molar-refractivity contribution >= 4 is 22.2 Å². The molecular formula is C14H15BrN2O. The number of benzene rings is 1. The molecule has 3 nitrogen and oxygen atoms in total. The summed E-state index contributed by atoms with van der Waals surface area (Å²) in [6.45, 7) is 6.16. The van der Waals surface area contributed by atoms with Crippen molar-refractivity contribution in [2.24, 2.45) is 0 Å². The monoisotopic (exact) mass is 306 g/mol. The average Bonchev–Trinajstić information content (AvgIpc) is 2.72. The zero-order valence-electron chi connectivity index (χ0n) is 10.6. The zero-order valence-corrected chi connectivity index (χ0v) is 12.2. The largest absolute Gasteiger partial charge is 0.298 e. The molecule has 2 rings (SSSR count). The molecule has 1 heterocycles. The van der Waals surface area contributed by atoms with Gasteiger partial charge >= 0.3 is 0 Å². The molecule has 0 bridgehead atoms. The van der Waals surface area contributed by atoms with Crippen molar-refractivity contribution in [2.75, 3.05) is 0 Å². The van der Waals surface area contributed by atoms with Crippen molar-refractivity contribution in [3.8, 4) is 11.3 Å². The van der Waals surface area contributed by atoms with Crippen LogP contribution in [0.2, 0.25) is 0 Å². The highest BCUT2D eigenvalue weighted by atomic mass is 79.9. The highest BCUT2D eigenvalue weighted by Crippen LogP contribution is 2.26. The normalized spacial score (nSPS) is 11.6. The molecule has 18 heavy (non-hydrogen) atoms. The van der Waals surface area contributed by atoms with E-state index in [1.54, 1.807) is 6.20 Å². The van der Waals surface area contributed by atoms with Crippen LogP contribution >= 0.6 is 15.9 Å². The number of hydrogen-bond donors (Lipinski definition) is 0. The van der Waals surface area contributed by atoms with Gasteiger partial charge in [-0.05, 0) is 32.9 Å². The van der Waals surface area contributed by atoms with Gasteiger partial charge in [-0.3, -0.25) is 9.48 Å². The van der Waals surface area contributed by atoms with Crippen LogP contribution in [0.3, 0.4) is 0 Å². The fourth-order valence-corrected chi connectivity index (χ4v) is 2.08. The minimum absolute atomic E-state index is 0.137. The van der Waals surface area contributed by atoms with Gasteiger partial charge in [-0.25, -0.2) is 0 Å². The predicted octanol–water partition coefficient (Wildman–Crippen LogP) is 3.88. The Hall–Kier alpha value is -1.42. The molecule has 0 saturated heterocycles. The lowest BCUT2D eigenvalue weighted by Gasteiger charge is -2.18. The van der Waals surface area contributed by atoms with E-state index in [4.69, 9.17) is 0 Å². The highest BCUT2D eigenvalue weighted by molar-refractivity contribution is 9.10. The Morgan fingerprint density at radius 1 is 1.33 bits per heavy atom. The molecule has 2 aromatic rings. The summed E-state index contributed by atoms with van der Waals surface area (Å²) in [6, 6.07) is 7.80. The lowest BCUT2D eigenvalue weighted by Crippen LogP contribution is -2.22. The molecule has 0 unspecified atom stereocenters. The van der Waals surface area contributed by atoms with Crippen molar-refractivity contribution < 1.29 is 4.79 Å². The van der Waals surface area contributed by atoms with E-state index in [0.29, 0.717) is 5.56 Å². The second-order valence-electron chi connectivity index (χ2n) is 5.18. The van der Waals surface area contributed by atoms with Gasteiger partial charge in [0, 0.05) is 16.2 Å². The Kier molecular flexibility index (Phi) is 3.39. The van der Waals surface area contributed by atoms with Crippen LogP contribution in [-0.4, -0.2) is 16.1 Å². The van der Waals surface area contributed by atoms with Crippen LogP contribution in [-0.2, 0) is 5.54 Å². The minimum Gasteiger partial charge on any atom is -0.298 e. The quantitative estimate of drug-likeness (QED) is 0.789. The second kappa shape index (κ2) is 4.69. The van der Waals surface area contributed by atoms with Gasteiger partial charge in [0.15, 0.2) is 6.29 Å². The molecule has 0 amide bonds. The smallest absolute Gasteiger partial charge is 0.153 e. The predicted molar refractivity (Wildman–Crippen MR) is 75.7 cm³/mol. The van der Waals surface area contributed by atoms with Gasteiger partial charge in [0.1, 0.15) is 5.69 Å². The van der Waals surface area contributed by atoms with Crippen LogP contribution in [0.1, 0.15) is 31.1 Å².